The Kier molecular flexibility index (Phi) is 9.78. The van der Waals surface area contributed by atoms with Crippen LogP contribution in [-0.2, 0) is 18.1 Å². The summed E-state index contributed by atoms with van der Waals surface area (Å²) < 4.78 is 29.1. The Morgan fingerprint density at radius 1 is 0.700 bits per heavy atom. The molecule has 0 radical (unpaired) electrons. The zero-order chi connectivity index (χ0) is 15.6. The summed E-state index contributed by atoms with van der Waals surface area (Å²) in [4.78, 5) is 0. The number of phosphoric acid groups is 1. The lowest BCUT2D eigenvalue weighted by Gasteiger charge is -2.24. The Balaban J connectivity index is 4.96. The van der Waals surface area contributed by atoms with Gasteiger partial charge >= 0.3 is 7.82 Å². The molecule has 116 valence electrons. The van der Waals surface area contributed by atoms with Crippen LogP contribution >= 0.6 is 7.82 Å². The zero-order valence-corrected chi connectivity index (χ0v) is 14.2. The van der Waals surface area contributed by atoms with Gasteiger partial charge in [-0.1, -0.05) is 36.5 Å². The third-order valence-corrected chi connectivity index (χ3v) is 4.05. The summed E-state index contributed by atoms with van der Waals surface area (Å²) in [7, 11) is -3.63. The van der Waals surface area contributed by atoms with Crippen LogP contribution in [0.1, 0.15) is 41.5 Å². The number of hydrogen-bond acceptors (Lipinski definition) is 4. The first kappa shape index (κ1) is 19.3. The Morgan fingerprint density at radius 3 is 1.15 bits per heavy atom. The van der Waals surface area contributed by atoms with Crippen molar-refractivity contribution in [3.05, 3.63) is 36.5 Å². The molecule has 0 aromatic heterocycles. The minimum Gasteiger partial charge on any atom is -0.280 e. The van der Waals surface area contributed by atoms with Gasteiger partial charge < -0.3 is 0 Å². The maximum Gasteiger partial charge on any atom is 0.476 e. The highest BCUT2D eigenvalue weighted by atomic mass is 31.2. The quantitative estimate of drug-likeness (QED) is 0.442. The van der Waals surface area contributed by atoms with Crippen molar-refractivity contribution in [1.82, 2.24) is 0 Å². The molecule has 0 rings (SSSR count). The molecule has 0 fully saturated rings. The zero-order valence-electron chi connectivity index (χ0n) is 13.3. The van der Waals surface area contributed by atoms with Crippen molar-refractivity contribution in [3.8, 4) is 0 Å². The monoisotopic (exact) mass is 302 g/mol. The Morgan fingerprint density at radius 2 is 0.950 bits per heavy atom. The van der Waals surface area contributed by atoms with E-state index in [4.69, 9.17) is 13.6 Å². The molecule has 5 heteroatoms. The molecule has 0 aliphatic rings. The largest absolute Gasteiger partial charge is 0.476 e. The number of allylic oxidation sites excluding steroid dienone is 3. The average Bonchev–Trinajstić information content (AvgIpc) is 2.28. The third-order valence-electron chi connectivity index (χ3n) is 2.28. The van der Waals surface area contributed by atoms with Crippen LogP contribution in [0.25, 0.3) is 0 Å². The van der Waals surface area contributed by atoms with Gasteiger partial charge in [0.25, 0.3) is 0 Å². The molecular formula is C15H27O4P. The summed E-state index contributed by atoms with van der Waals surface area (Å²) in [6.07, 6.45) is 9.84. The third kappa shape index (κ3) is 8.49. The van der Waals surface area contributed by atoms with Crippen LogP contribution in [0.15, 0.2) is 36.5 Å². The van der Waals surface area contributed by atoms with Gasteiger partial charge in [-0.25, -0.2) is 4.57 Å². The lowest BCUT2D eigenvalue weighted by molar-refractivity contribution is 0.0748. The lowest BCUT2D eigenvalue weighted by atomic mass is 10.4. The van der Waals surface area contributed by atoms with Gasteiger partial charge in [-0.15, -0.1) is 0 Å². The first-order valence-corrected chi connectivity index (χ1v) is 8.36. The van der Waals surface area contributed by atoms with Gasteiger partial charge in [-0.2, -0.15) is 0 Å². The summed E-state index contributed by atoms with van der Waals surface area (Å²) in [5.41, 5.74) is 0. The summed E-state index contributed by atoms with van der Waals surface area (Å²) in [6, 6.07) is 0. The van der Waals surface area contributed by atoms with E-state index in [0.717, 1.165) is 0 Å². The lowest BCUT2D eigenvalue weighted by Crippen LogP contribution is -2.14. The van der Waals surface area contributed by atoms with Crippen LogP contribution in [-0.4, -0.2) is 18.3 Å². The summed E-state index contributed by atoms with van der Waals surface area (Å²) in [6.45, 7) is 11.0. The summed E-state index contributed by atoms with van der Waals surface area (Å²) >= 11 is 0. The van der Waals surface area contributed by atoms with Gasteiger partial charge in [-0.05, 0) is 41.5 Å². The number of hydrogen-bond donors (Lipinski definition) is 0. The molecule has 0 heterocycles. The highest BCUT2D eigenvalue weighted by Gasteiger charge is 2.32. The summed E-state index contributed by atoms with van der Waals surface area (Å²) in [5.74, 6) is 0. The average molecular weight is 302 g/mol. The molecule has 0 aliphatic carbocycles. The van der Waals surface area contributed by atoms with E-state index in [2.05, 4.69) is 0 Å². The molecule has 0 aliphatic heterocycles. The van der Waals surface area contributed by atoms with Crippen LogP contribution in [0, 0.1) is 0 Å². The minimum absolute atomic E-state index is 0.346. The van der Waals surface area contributed by atoms with Gasteiger partial charge in [-0.3, -0.25) is 13.6 Å². The molecule has 20 heavy (non-hydrogen) atoms. The van der Waals surface area contributed by atoms with Gasteiger partial charge in [0.15, 0.2) is 0 Å². The van der Waals surface area contributed by atoms with E-state index in [1.54, 1.807) is 39.0 Å². The van der Waals surface area contributed by atoms with Crippen molar-refractivity contribution in [2.75, 3.05) is 0 Å². The Hall–Kier alpha value is -0.670. The first-order chi connectivity index (χ1) is 9.36. The van der Waals surface area contributed by atoms with E-state index in [-0.39, 0.29) is 18.3 Å². The van der Waals surface area contributed by atoms with Crippen LogP contribution < -0.4 is 0 Å². The molecule has 3 unspecified atom stereocenters. The molecule has 3 atom stereocenters. The molecule has 0 aromatic carbocycles. The van der Waals surface area contributed by atoms with Crippen molar-refractivity contribution >= 4 is 7.82 Å². The Bertz CT molecular complexity index is 330. The second kappa shape index (κ2) is 10.1. The predicted octanol–water partition coefficient (Wildman–Crippen LogP) is 5.04. The van der Waals surface area contributed by atoms with E-state index < -0.39 is 7.82 Å². The second-order valence-electron chi connectivity index (χ2n) is 4.46. The number of phosphoric ester groups is 1. The smallest absolute Gasteiger partial charge is 0.280 e. The van der Waals surface area contributed by atoms with Crippen LogP contribution in [0.5, 0.6) is 0 Å². The first-order valence-electron chi connectivity index (χ1n) is 6.90. The fraction of sp³-hybridized carbons (Fsp3) is 0.600. The Labute approximate surface area is 123 Å². The molecule has 0 aromatic rings. The molecule has 0 spiro atoms. The molecule has 0 amide bonds. The molecule has 0 N–H and O–H groups in total. The fourth-order valence-corrected chi connectivity index (χ4v) is 3.19. The SMILES string of the molecule is C/C=C/C(C)OP(=O)(OC(C)/C=C/C)OC(C)/C=C/C. The normalized spacial score (nSPS) is 20.5. The van der Waals surface area contributed by atoms with Gasteiger partial charge in [0, 0.05) is 0 Å². The van der Waals surface area contributed by atoms with Crippen LogP contribution in [0.2, 0.25) is 0 Å². The standard InChI is InChI=1S/C15H27O4P/c1-7-10-13(4)17-20(16,18-14(5)11-8-2)19-15(6)12-9-3/h7-15H,1-6H3/b10-7+,11-8+,12-9+. The van der Waals surface area contributed by atoms with Crippen LogP contribution in [0.4, 0.5) is 0 Å². The van der Waals surface area contributed by atoms with E-state index in [1.807, 2.05) is 39.0 Å². The molecule has 0 bridgehead atoms. The summed E-state index contributed by atoms with van der Waals surface area (Å²) in [5, 5.41) is 0. The second-order valence-corrected chi connectivity index (χ2v) is 5.98. The topological polar surface area (TPSA) is 44.8 Å². The van der Waals surface area contributed by atoms with Crippen molar-refractivity contribution in [1.29, 1.82) is 0 Å². The van der Waals surface area contributed by atoms with E-state index in [9.17, 15) is 4.57 Å². The van der Waals surface area contributed by atoms with Gasteiger partial charge in [0.1, 0.15) is 0 Å². The van der Waals surface area contributed by atoms with Crippen molar-refractivity contribution < 1.29 is 18.1 Å². The molecule has 0 saturated heterocycles. The van der Waals surface area contributed by atoms with Crippen molar-refractivity contribution in [2.45, 2.75) is 59.9 Å². The van der Waals surface area contributed by atoms with E-state index in [0.29, 0.717) is 0 Å². The molecular weight excluding hydrogens is 275 g/mol. The molecule has 4 nitrogen and oxygen atoms in total. The van der Waals surface area contributed by atoms with Crippen LogP contribution in [0.3, 0.4) is 0 Å². The fourth-order valence-electron chi connectivity index (χ4n) is 1.60. The minimum atomic E-state index is -3.63. The van der Waals surface area contributed by atoms with E-state index >= 15 is 0 Å². The van der Waals surface area contributed by atoms with Crippen molar-refractivity contribution in [2.24, 2.45) is 0 Å². The molecule has 0 saturated carbocycles. The maximum absolute atomic E-state index is 12.7. The maximum atomic E-state index is 12.7. The predicted molar refractivity (Wildman–Crippen MR) is 83.7 cm³/mol. The van der Waals surface area contributed by atoms with E-state index in [1.165, 1.54) is 0 Å². The number of rotatable bonds is 9. The highest BCUT2D eigenvalue weighted by molar-refractivity contribution is 7.48. The van der Waals surface area contributed by atoms with Gasteiger partial charge in [0.05, 0.1) is 18.3 Å². The van der Waals surface area contributed by atoms with Crippen molar-refractivity contribution in [3.63, 3.8) is 0 Å². The van der Waals surface area contributed by atoms with Gasteiger partial charge in [0.2, 0.25) is 0 Å². The highest BCUT2D eigenvalue weighted by Crippen LogP contribution is 2.53.